The van der Waals surface area contributed by atoms with Crippen LogP contribution < -0.4 is 10.1 Å². The summed E-state index contributed by atoms with van der Waals surface area (Å²) in [5.41, 5.74) is 0.599. The van der Waals surface area contributed by atoms with E-state index in [1.165, 1.54) is 18.2 Å². The molecular weight excluding hydrogens is 480 g/mol. The van der Waals surface area contributed by atoms with Crippen molar-refractivity contribution in [3.63, 3.8) is 0 Å². The van der Waals surface area contributed by atoms with E-state index in [9.17, 15) is 27.2 Å². The van der Waals surface area contributed by atoms with Gasteiger partial charge in [-0.3, -0.25) is 9.59 Å². The highest BCUT2D eigenvalue weighted by atomic mass is 19.4. The summed E-state index contributed by atoms with van der Waals surface area (Å²) in [6.45, 7) is 4.12. The second-order valence-corrected chi connectivity index (χ2v) is 8.74. The molecule has 0 aliphatic carbocycles. The molecule has 3 atom stereocenters. The lowest BCUT2D eigenvalue weighted by Crippen LogP contribution is -2.56. The SMILES string of the molecule is CN=CC(C=N)[C@H]1[C@H](C(=O)Nc2ccc(F)c(OC(F)(F)F)c2)c2ccccc2C(=O)N1CC(C)C. The summed E-state index contributed by atoms with van der Waals surface area (Å²) in [5, 5.41) is 10.5. The van der Waals surface area contributed by atoms with Crippen LogP contribution in [-0.4, -0.2) is 55.1 Å². The zero-order valence-electron chi connectivity index (χ0n) is 19.8. The first-order valence-corrected chi connectivity index (χ1v) is 11.2. The number of anilines is 1. The first-order valence-electron chi connectivity index (χ1n) is 11.2. The number of carbonyl (C=O) groups excluding carboxylic acids is 2. The number of halogens is 4. The number of nitrogens with zero attached hydrogens (tertiary/aromatic N) is 2. The Hall–Kier alpha value is -3.76. The fourth-order valence-electron chi connectivity index (χ4n) is 4.35. The largest absolute Gasteiger partial charge is 0.573 e. The molecular formula is C25H26F4N4O3. The molecule has 1 aliphatic rings. The van der Waals surface area contributed by atoms with Gasteiger partial charge in [-0.1, -0.05) is 32.0 Å². The Bertz CT molecular complexity index is 1170. The Morgan fingerprint density at radius 2 is 1.94 bits per heavy atom. The minimum Gasteiger partial charge on any atom is -0.403 e. The summed E-state index contributed by atoms with van der Waals surface area (Å²) in [6.07, 6.45) is -2.55. The van der Waals surface area contributed by atoms with Crippen molar-refractivity contribution in [1.82, 2.24) is 4.90 Å². The van der Waals surface area contributed by atoms with Crippen molar-refractivity contribution in [3.05, 3.63) is 59.4 Å². The molecule has 11 heteroatoms. The molecule has 0 radical (unpaired) electrons. The number of amides is 2. The lowest BCUT2D eigenvalue weighted by atomic mass is 9.76. The Balaban J connectivity index is 2.09. The molecule has 36 heavy (non-hydrogen) atoms. The van der Waals surface area contributed by atoms with Crippen molar-refractivity contribution < 1.29 is 31.9 Å². The van der Waals surface area contributed by atoms with Crippen LogP contribution in [0.5, 0.6) is 5.75 Å². The summed E-state index contributed by atoms with van der Waals surface area (Å²) < 4.78 is 55.6. The van der Waals surface area contributed by atoms with Crippen LogP contribution in [-0.2, 0) is 4.79 Å². The van der Waals surface area contributed by atoms with E-state index >= 15 is 0 Å². The van der Waals surface area contributed by atoms with Crippen LogP contribution in [0.1, 0.15) is 35.7 Å². The van der Waals surface area contributed by atoms with Crippen LogP contribution in [0.25, 0.3) is 0 Å². The average molecular weight is 507 g/mol. The smallest absolute Gasteiger partial charge is 0.403 e. The summed E-state index contributed by atoms with van der Waals surface area (Å²) in [7, 11) is 1.51. The quantitative estimate of drug-likeness (QED) is 0.394. The Labute approximate surface area is 205 Å². The Morgan fingerprint density at radius 3 is 2.56 bits per heavy atom. The fraction of sp³-hybridized carbons (Fsp3) is 0.360. The molecule has 1 aliphatic heterocycles. The monoisotopic (exact) mass is 506 g/mol. The molecule has 2 aromatic rings. The number of hydrogen-bond acceptors (Lipinski definition) is 5. The van der Waals surface area contributed by atoms with Crippen LogP contribution >= 0.6 is 0 Å². The van der Waals surface area contributed by atoms with Gasteiger partial charge in [-0.25, -0.2) is 4.39 Å². The van der Waals surface area contributed by atoms with Crippen molar-refractivity contribution >= 4 is 29.9 Å². The maximum absolute atomic E-state index is 13.9. The van der Waals surface area contributed by atoms with Crippen molar-refractivity contribution in [3.8, 4) is 5.75 Å². The van der Waals surface area contributed by atoms with Crippen LogP contribution in [0.15, 0.2) is 47.5 Å². The first-order chi connectivity index (χ1) is 17.0. The van der Waals surface area contributed by atoms with E-state index in [1.807, 2.05) is 13.8 Å². The van der Waals surface area contributed by atoms with E-state index in [2.05, 4.69) is 15.0 Å². The van der Waals surface area contributed by atoms with Gasteiger partial charge in [0, 0.05) is 43.3 Å². The highest BCUT2D eigenvalue weighted by Crippen LogP contribution is 2.38. The standard InChI is InChI=1S/C25H26F4N4O3/c1-14(2)13-33-22(15(11-30)12-31-3)21(17-6-4-5-7-18(17)24(33)35)23(34)32-16-8-9-19(26)20(10-16)36-25(27,28)29/h4-12,14-15,21-22,30H,13H2,1-3H3,(H,32,34)/t15?,21-,22+/m1/s1. The van der Waals surface area contributed by atoms with Gasteiger partial charge in [-0.05, 0) is 29.7 Å². The molecule has 0 bridgehead atoms. The molecule has 0 fully saturated rings. The van der Waals surface area contributed by atoms with Gasteiger partial charge in [0.25, 0.3) is 5.91 Å². The second-order valence-electron chi connectivity index (χ2n) is 8.74. The van der Waals surface area contributed by atoms with Crippen molar-refractivity contribution in [1.29, 1.82) is 5.41 Å². The lowest BCUT2D eigenvalue weighted by molar-refractivity contribution is -0.275. The molecule has 0 aromatic heterocycles. The van der Waals surface area contributed by atoms with E-state index in [-0.39, 0.29) is 17.5 Å². The maximum Gasteiger partial charge on any atom is 0.573 e. The zero-order chi connectivity index (χ0) is 26.6. The highest BCUT2D eigenvalue weighted by molar-refractivity contribution is 6.05. The van der Waals surface area contributed by atoms with Crippen molar-refractivity contribution in [2.45, 2.75) is 32.2 Å². The van der Waals surface area contributed by atoms with Crippen LogP contribution in [0, 0.1) is 23.1 Å². The second kappa shape index (κ2) is 10.9. The fourth-order valence-corrected chi connectivity index (χ4v) is 4.35. The normalized spacial score (nSPS) is 18.8. The van der Waals surface area contributed by atoms with Crippen molar-refractivity contribution in [2.75, 3.05) is 18.9 Å². The topological polar surface area (TPSA) is 94.9 Å². The maximum atomic E-state index is 13.9. The van der Waals surface area contributed by atoms with E-state index < -0.39 is 41.7 Å². The van der Waals surface area contributed by atoms with Crippen molar-refractivity contribution in [2.24, 2.45) is 16.8 Å². The van der Waals surface area contributed by atoms with Gasteiger partial charge in [-0.2, -0.15) is 0 Å². The van der Waals surface area contributed by atoms with Gasteiger partial charge < -0.3 is 25.4 Å². The number of carbonyl (C=O) groups is 2. The number of ether oxygens (including phenoxy) is 1. The molecule has 7 nitrogen and oxygen atoms in total. The summed E-state index contributed by atoms with van der Waals surface area (Å²) in [5.74, 6) is -4.97. The molecule has 2 amide bonds. The van der Waals surface area contributed by atoms with Gasteiger partial charge in [0.1, 0.15) is 0 Å². The number of fused-ring (bicyclic) bond motifs is 1. The van der Waals surface area contributed by atoms with Gasteiger partial charge in [-0.15, -0.1) is 13.2 Å². The lowest BCUT2D eigenvalue weighted by Gasteiger charge is -2.44. The molecule has 1 heterocycles. The minimum atomic E-state index is -5.12. The van der Waals surface area contributed by atoms with Gasteiger partial charge in [0.15, 0.2) is 11.6 Å². The van der Waals surface area contributed by atoms with Crippen LogP contribution in [0.2, 0.25) is 0 Å². The van der Waals surface area contributed by atoms with E-state index in [0.29, 0.717) is 17.7 Å². The Kier molecular flexibility index (Phi) is 8.11. The van der Waals surface area contributed by atoms with E-state index in [4.69, 9.17) is 5.41 Å². The number of nitrogens with one attached hydrogen (secondary N) is 2. The third-order valence-corrected chi connectivity index (χ3v) is 5.67. The third kappa shape index (κ3) is 5.89. The number of alkyl halides is 3. The molecule has 192 valence electrons. The molecule has 0 saturated carbocycles. The highest BCUT2D eigenvalue weighted by Gasteiger charge is 2.46. The average Bonchev–Trinajstić information content (AvgIpc) is 2.80. The molecule has 0 saturated heterocycles. The van der Waals surface area contributed by atoms with E-state index in [0.717, 1.165) is 24.4 Å². The van der Waals surface area contributed by atoms with E-state index in [1.54, 1.807) is 24.3 Å². The minimum absolute atomic E-state index is 0.0366. The number of hydrogen-bond donors (Lipinski definition) is 2. The molecule has 2 N–H and O–H groups in total. The first kappa shape index (κ1) is 26.8. The van der Waals surface area contributed by atoms with Crippen LogP contribution in [0.4, 0.5) is 23.2 Å². The number of rotatable bonds is 8. The van der Waals surface area contributed by atoms with Gasteiger partial charge in [0.2, 0.25) is 5.91 Å². The summed E-state index contributed by atoms with van der Waals surface area (Å²) in [6, 6.07) is 8.34. The predicted octanol–water partition coefficient (Wildman–Crippen LogP) is 4.89. The molecule has 1 unspecified atom stereocenters. The van der Waals surface area contributed by atoms with Gasteiger partial charge in [0.05, 0.1) is 17.9 Å². The molecule has 2 aromatic carbocycles. The Morgan fingerprint density at radius 1 is 1.25 bits per heavy atom. The molecule has 0 spiro atoms. The van der Waals surface area contributed by atoms with Crippen LogP contribution in [0.3, 0.4) is 0 Å². The predicted molar refractivity (Wildman–Crippen MR) is 127 cm³/mol. The third-order valence-electron chi connectivity index (χ3n) is 5.67. The summed E-state index contributed by atoms with van der Waals surface area (Å²) >= 11 is 0. The zero-order valence-corrected chi connectivity index (χ0v) is 19.8. The summed E-state index contributed by atoms with van der Waals surface area (Å²) in [4.78, 5) is 32.6. The van der Waals surface area contributed by atoms with Gasteiger partial charge >= 0.3 is 6.36 Å². The number of benzene rings is 2. The number of aliphatic imine (C=N–C) groups is 1. The molecule has 3 rings (SSSR count).